The first-order valence-corrected chi connectivity index (χ1v) is 11.5. The Morgan fingerprint density at radius 2 is 1.86 bits per heavy atom. The number of hydrogen-bond donors (Lipinski definition) is 1. The summed E-state index contributed by atoms with van der Waals surface area (Å²) in [5.41, 5.74) is 3.80. The Kier molecular flexibility index (Phi) is 6.81. The van der Waals surface area contributed by atoms with Crippen LogP contribution in [-0.4, -0.2) is 62.9 Å². The van der Waals surface area contributed by atoms with Crippen LogP contribution < -0.4 is 14.9 Å². The van der Waals surface area contributed by atoms with E-state index in [1.54, 1.807) is 29.2 Å². The molecule has 4 aromatic rings. The molecule has 36 heavy (non-hydrogen) atoms. The maximum Gasteiger partial charge on any atom is 0.307 e. The minimum absolute atomic E-state index is 0.0906. The number of hydrazone groups is 1. The van der Waals surface area contributed by atoms with Crippen molar-refractivity contribution in [2.24, 2.45) is 5.10 Å². The highest BCUT2D eigenvalue weighted by molar-refractivity contribution is 6.08. The van der Waals surface area contributed by atoms with Crippen LogP contribution >= 0.6 is 0 Å². The van der Waals surface area contributed by atoms with Gasteiger partial charge in [-0.2, -0.15) is 5.10 Å². The summed E-state index contributed by atoms with van der Waals surface area (Å²) in [4.78, 5) is 26.6. The number of rotatable bonds is 7. The lowest BCUT2D eigenvalue weighted by Crippen LogP contribution is -2.43. The fraction of sp³-hybridized carbons (Fsp3) is 0.222. The van der Waals surface area contributed by atoms with Crippen molar-refractivity contribution < 1.29 is 28.2 Å². The Labute approximate surface area is 207 Å². The SMILES string of the molecule is COc1cc(/C=N/NC(=O)c2cc3c(ccc4ccccc43)o2)ccc1OCC(=O)N1CCOCC1. The van der Waals surface area contributed by atoms with E-state index in [2.05, 4.69) is 10.5 Å². The number of benzene rings is 3. The zero-order chi connectivity index (χ0) is 24.9. The smallest absolute Gasteiger partial charge is 0.307 e. The highest BCUT2D eigenvalue weighted by atomic mass is 16.5. The zero-order valence-electron chi connectivity index (χ0n) is 19.7. The molecular formula is C27H25N3O6. The molecule has 0 bridgehead atoms. The van der Waals surface area contributed by atoms with Crippen molar-refractivity contribution in [3.8, 4) is 11.5 Å². The molecule has 2 heterocycles. The number of methoxy groups -OCH3 is 1. The van der Waals surface area contributed by atoms with E-state index in [1.165, 1.54) is 13.3 Å². The third-order valence-corrected chi connectivity index (χ3v) is 5.93. The molecule has 0 unspecified atom stereocenters. The second-order valence-electron chi connectivity index (χ2n) is 8.20. The lowest BCUT2D eigenvalue weighted by atomic mass is 10.1. The van der Waals surface area contributed by atoms with Crippen molar-refractivity contribution in [3.05, 3.63) is 72.0 Å². The largest absolute Gasteiger partial charge is 0.493 e. The standard InChI is InChI=1S/C27H25N3O6/c1-33-24-14-18(6-8-23(24)35-17-26(31)30-10-12-34-13-11-30)16-28-29-27(32)25-15-21-20-5-3-2-4-19(20)7-9-22(21)36-25/h2-9,14-16H,10-13,17H2,1H3,(H,29,32)/b28-16+. The minimum atomic E-state index is -0.458. The second kappa shape index (κ2) is 10.5. The molecule has 1 aromatic heterocycles. The van der Waals surface area contributed by atoms with Crippen LogP contribution in [0.2, 0.25) is 0 Å². The lowest BCUT2D eigenvalue weighted by molar-refractivity contribution is -0.137. The Morgan fingerprint density at radius 1 is 1.03 bits per heavy atom. The van der Waals surface area contributed by atoms with Crippen molar-refractivity contribution in [2.45, 2.75) is 0 Å². The van der Waals surface area contributed by atoms with Gasteiger partial charge in [0.25, 0.3) is 5.91 Å². The first-order chi connectivity index (χ1) is 17.6. The third kappa shape index (κ3) is 5.01. The predicted octanol–water partition coefficient (Wildman–Crippen LogP) is 3.60. The molecule has 0 spiro atoms. The average molecular weight is 488 g/mol. The first-order valence-electron chi connectivity index (χ1n) is 11.5. The molecule has 5 rings (SSSR count). The van der Waals surface area contributed by atoms with E-state index >= 15 is 0 Å². The fourth-order valence-electron chi connectivity index (χ4n) is 4.05. The van der Waals surface area contributed by atoms with E-state index in [0.717, 1.165) is 16.2 Å². The van der Waals surface area contributed by atoms with Crippen LogP contribution in [0.5, 0.6) is 11.5 Å². The summed E-state index contributed by atoms with van der Waals surface area (Å²) in [6.07, 6.45) is 1.49. The van der Waals surface area contributed by atoms with Crippen molar-refractivity contribution in [1.82, 2.24) is 10.3 Å². The van der Waals surface area contributed by atoms with E-state index < -0.39 is 5.91 Å². The third-order valence-electron chi connectivity index (χ3n) is 5.93. The number of nitrogens with one attached hydrogen (secondary N) is 1. The number of amides is 2. The van der Waals surface area contributed by atoms with Crippen molar-refractivity contribution in [2.75, 3.05) is 40.0 Å². The Morgan fingerprint density at radius 3 is 2.69 bits per heavy atom. The summed E-state index contributed by atoms with van der Waals surface area (Å²) >= 11 is 0. The molecular weight excluding hydrogens is 462 g/mol. The Hall–Kier alpha value is -4.37. The highest BCUT2D eigenvalue weighted by Gasteiger charge is 2.18. The molecule has 184 valence electrons. The summed E-state index contributed by atoms with van der Waals surface area (Å²) < 4.78 is 22.1. The van der Waals surface area contributed by atoms with Crippen molar-refractivity contribution >= 4 is 39.8 Å². The molecule has 1 N–H and O–H groups in total. The summed E-state index contributed by atoms with van der Waals surface area (Å²) in [6, 6.07) is 18.6. The average Bonchev–Trinajstić information content (AvgIpc) is 3.38. The molecule has 3 aromatic carbocycles. The van der Waals surface area contributed by atoms with E-state index in [1.807, 2.05) is 36.4 Å². The van der Waals surface area contributed by atoms with Crippen LogP contribution in [0.3, 0.4) is 0 Å². The van der Waals surface area contributed by atoms with Crippen molar-refractivity contribution in [3.63, 3.8) is 0 Å². The molecule has 1 fully saturated rings. The Balaban J connectivity index is 1.22. The number of ether oxygens (including phenoxy) is 3. The van der Waals surface area contributed by atoms with Gasteiger partial charge in [-0.1, -0.05) is 30.3 Å². The van der Waals surface area contributed by atoms with Gasteiger partial charge in [0.15, 0.2) is 23.9 Å². The molecule has 0 aliphatic carbocycles. The van der Waals surface area contributed by atoms with Gasteiger partial charge < -0.3 is 23.5 Å². The van der Waals surface area contributed by atoms with Gasteiger partial charge in [-0.15, -0.1) is 0 Å². The Bertz CT molecular complexity index is 1440. The molecule has 0 saturated carbocycles. The van der Waals surface area contributed by atoms with Crippen LogP contribution in [0.4, 0.5) is 0 Å². The topological polar surface area (TPSA) is 103 Å². The van der Waals surface area contributed by atoms with E-state index in [4.69, 9.17) is 18.6 Å². The van der Waals surface area contributed by atoms with E-state index in [-0.39, 0.29) is 18.3 Å². The lowest BCUT2D eigenvalue weighted by Gasteiger charge is -2.26. The van der Waals surface area contributed by atoms with Gasteiger partial charge in [0.2, 0.25) is 0 Å². The number of carbonyl (C=O) groups is 2. The molecule has 1 aliphatic rings. The van der Waals surface area contributed by atoms with Crippen LogP contribution in [0.15, 0.2) is 70.2 Å². The van der Waals surface area contributed by atoms with Gasteiger partial charge in [0.1, 0.15) is 5.58 Å². The van der Waals surface area contributed by atoms with Gasteiger partial charge in [-0.25, -0.2) is 5.43 Å². The van der Waals surface area contributed by atoms with Gasteiger partial charge in [0, 0.05) is 18.5 Å². The summed E-state index contributed by atoms with van der Waals surface area (Å²) in [5, 5.41) is 7.00. The van der Waals surface area contributed by atoms with Crippen LogP contribution in [0.1, 0.15) is 16.1 Å². The maximum absolute atomic E-state index is 12.6. The summed E-state index contributed by atoms with van der Waals surface area (Å²) in [5.74, 6) is 0.496. The highest BCUT2D eigenvalue weighted by Crippen LogP contribution is 2.29. The quantitative estimate of drug-likeness (QED) is 0.316. The first kappa shape index (κ1) is 23.4. The molecule has 9 heteroatoms. The van der Waals surface area contributed by atoms with Crippen molar-refractivity contribution in [1.29, 1.82) is 0 Å². The van der Waals surface area contributed by atoms with Gasteiger partial charge in [-0.3, -0.25) is 9.59 Å². The number of fused-ring (bicyclic) bond motifs is 3. The molecule has 0 atom stereocenters. The van der Waals surface area contributed by atoms with Gasteiger partial charge >= 0.3 is 5.91 Å². The number of morpholine rings is 1. The van der Waals surface area contributed by atoms with E-state index in [0.29, 0.717) is 48.9 Å². The van der Waals surface area contributed by atoms with Crippen LogP contribution in [-0.2, 0) is 9.53 Å². The molecule has 2 amide bonds. The summed E-state index contributed by atoms with van der Waals surface area (Å²) in [7, 11) is 1.51. The molecule has 1 saturated heterocycles. The normalized spacial score (nSPS) is 13.9. The number of furan rings is 1. The number of hydrogen-bond acceptors (Lipinski definition) is 7. The monoisotopic (exact) mass is 487 g/mol. The number of nitrogens with zero attached hydrogens (tertiary/aromatic N) is 2. The van der Waals surface area contributed by atoms with Gasteiger partial charge in [-0.05, 0) is 46.7 Å². The predicted molar refractivity (Wildman–Crippen MR) is 135 cm³/mol. The van der Waals surface area contributed by atoms with Crippen LogP contribution in [0.25, 0.3) is 21.7 Å². The zero-order valence-corrected chi connectivity index (χ0v) is 19.7. The van der Waals surface area contributed by atoms with E-state index in [9.17, 15) is 9.59 Å². The number of carbonyl (C=O) groups excluding carboxylic acids is 2. The fourth-order valence-corrected chi connectivity index (χ4v) is 4.05. The molecule has 1 aliphatic heterocycles. The maximum atomic E-state index is 12.6. The van der Waals surface area contributed by atoms with Crippen LogP contribution in [0, 0.1) is 0 Å². The second-order valence-corrected chi connectivity index (χ2v) is 8.20. The molecule has 9 nitrogen and oxygen atoms in total. The molecule has 0 radical (unpaired) electrons. The van der Waals surface area contributed by atoms with Gasteiger partial charge in [0.05, 0.1) is 26.5 Å². The minimum Gasteiger partial charge on any atom is -0.493 e. The summed E-state index contributed by atoms with van der Waals surface area (Å²) in [6.45, 7) is 2.10.